The second kappa shape index (κ2) is 11.4. The molecular weight excluding hydrogens is 459 g/mol. The quantitative estimate of drug-likeness (QED) is 0.270. The SMILES string of the molecule is CCNC(=NCC1(CCO)CCOC1)NCC1(C(=O)N(C)C)CCCC1.I. The standard InChI is InChI=1S/C19H36N4O3.HI/c1-4-20-17(21-13-18(9-11-24)10-12-26-15-18)22-14-19(7-5-6-8-19)16(25)23(2)3;/h24H,4-15H2,1-3H3,(H2,20,21,22);1H. The number of aliphatic hydroxyl groups is 1. The van der Waals surface area contributed by atoms with Crippen molar-refractivity contribution >= 4 is 35.8 Å². The van der Waals surface area contributed by atoms with Crippen molar-refractivity contribution in [1.29, 1.82) is 0 Å². The van der Waals surface area contributed by atoms with Crippen LogP contribution in [0.5, 0.6) is 0 Å². The van der Waals surface area contributed by atoms with Crippen molar-refractivity contribution in [2.75, 3.05) is 53.6 Å². The highest BCUT2D eigenvalue weighted by molar-refractivity contribution is 14.0. The van der Waals surface area contributed by atoms with Crippen LogP contribution in [0.2, 0.25) is 0 Å². The van der Waals surface area contributed by atoms with Crippen molar-refractivity contribution < 1.29 is 14.6 Å². The van der Waals surface area contributed by atoms with Crippen LogP contribution in [-0.4, -0.2) is 75.4 Å². The molecule has 1 amide bonds. The highest BCUT2D eigenvalue weighted by Gasteiger charge is 2.42. The Labute approximate surface area is 180 Å². The molecule has 7 nitrogen and oxygen atoms in total. The van der Waals surface area contributed by atoms with Gasteiger partial charge >= 0.3 is 0 Å². The zero-order valence-electron chi connectivity index (χ0n) is 17.1. The van der Waals surface area contributed by atoms with Crippen LogP contribution < -0.4 is 10.6 Å². The number of nitrogens with zero attached hydrogens (tertiary/aromatic N) is 2. The summed E-state index contributed by atoms with van der Waals surface area (Å²) in [5, 5.41) is 16.1. The molecule has 8 heteroatoms. The smallest absolute Gasteiger partial charge is 0.230 e. The number of guanidine groups is 1. The van der Waals surface area contributed by atoms with Crippen LogP contribution in [0.3, 0.4) is 0 Å². The van der Waals surface area contributed by atoms with E-state index in [0.29, 0.717) is 26.1 Å². The van der Waals surface area contributed by atoms with Crippen molar-refractivity contribution in [3.05, 3.63) is 0 Å². The molecule has 1 saturated heterocycles. The summed E-state index contributed by atoms with van der Waals surface area (Å²) < 4.78 is 5.55. The Bertz CT molecular complexity index is 487. The lowest BCUT2D eigenvalue weighted by Crippen LogP contribution is -2.49. The van der Waals surface area contributed by atoms with Gasteiger partial charge in [-0.2, -0.15) is 0 Å². The van der Waals surface area contributed by atoms with Crippen LogP contribution in [0, 0.1) is 10.8 Å². The molecule has 1 unspecified atom stereocenters. The number of rotatable bonds is 8. The molecule has 1 aliphatic carbocycles. The summed E-state index contributed by atoms with van der Waals surface area (Å²) in [5.74, 6) is 0.953. The van der Waals surface area contributed by atoms with Crippen LogP contribution in [-0.2, 0) is 9.53 Å². The number of ether oxygens (including phenoxy) is 1. The number of aliphatic hydroxyl groups excluding tert-OH is 1. The van der Waals surface area contributed by atoms with E-state index < -0.39 is 0 Å². The van der Waals surface area contributed by atoms with Crippen molar-refractivity contribution in [3.8, 4) is 0 Å². The number of carbonyl (C=O) groups excluding carboxylic acids is 1. The van der Waals surface area contributed by atoms with E-state index >= 15 is 0 Å². The number of halogens is 1. The molecule has 0 bridgehead atoms. The summed E-state index contributed by atoms with van der Waals surface area (Å²) in [7, 11) is 3.67. The fourth-order valence-electron chi connectivity index (χ4n) is 4.12. The van der Waals surface area contributed by atoms with Crippen molar-refractivity contribution in [2.45, 2.75) is 45.4 Å². The first kappa shape index (κ1) is 24.4. The Morgan fingerprint density at radius 1 is 1.22 bits per heavy atom. The maximum Gasteiger partial charge on any atom is 0.230 e. The minimum absolute atomic E-state index is 0. The molecule has 27 heavy (non-hydrogen) atoms. The van der Waals surface area contributed by atoms with Gasteiger partial charge in [0.05, 0.1) is 18.6 Å². The molecule has 1 saturated carbocycles. The molecule has 0 radical (unpaired) electrons. The third-order valence-corrected chi connectivity index (χ3v) is 5.76. The van der Waals surface area contributed by atoms with Gasteiger partial charge in [0.1, 0.15) is 0 Å². The van der Waals surface area contributed by atoms with E-state index in [4.69, 9.17) is 9.73 Å². The van der Waals surface area contributed by atoms with Crippen LogP contribution in [0.15, 0.2) is 4.99 Å². The maximum absolute atomic E-state index is 12.7. The number of hydrogen-bond donors (Lipinski definition) is 3. The zero-order valence-corrected chi connectivity index (χ0v) is 19.4. The Hall–Kier alpha value is -0.610. The number of aliphatic imine (C=N–C) groups is 1. The first-order valence-electron chi connectivity index (χ1n) is 9.89. The van der Waals surface area contributed by atoms with Crippen LogP contribution in [0.4, 0.5) is 0 Å². The second-order valence-electron chi connectivity index (χ2n) is 8.01. The summed E-state index contributed by atoms with van der Waals surface area (Å²) >= 11 is 0. The summed E-state index contributed by atoms with van der Waals surface area (Å²) in [4.78, 5) is 19.2. The van der Waals surface area contributed by atoms with Gasteiger partial charge in [-0.05, 0) is 32.6 Å². The molecule has 2 aliphatic rings. The molecule has 2 fully saturated rings. The van der Waals surface area contributed by atoms with Gasteiger partial charge in [-0.15, -0.1) is 24.0 Å². The Morgan fingerprint density at radius 3 is 2.44 bits per heavy atom. The summed E-state index contributed by atoms with van der Waals surface area (Å²) in [6.45, 7) is 5.58. The van der Waals surface area contributed by atoms with E-state index in [1.807, 2.05) is 21.0 Å². The molecule has 0 aromatic rings. The van der Waals surface area contributed by atoms with Crippen LogP contribution in [0.25, 0.3) is 0 Å². The average molecular weight is 496 g/mol. The van der Waals surface area contributed by atoms with E-state index in [1.54, 1.807) is 4.90 Å². The predicted octanol–water partition coefficient (Wildman–Crippen LogP) is 1.60. The fourth-order valence-corrected chi connectivity index (χ4v) is 4.12. The molecule has 0 aromatic heterocycles. The van der Waals surface area contributed by atoms with E-state index in [0.717, 1.165) is 51.2 Å². The molecule has 1 heterocycles. The van der Waals surface area contributed by atoms with Crippen molar-refractivity contribution in [2.24, 2.45) is 15.8 Å². The topological polar surface area (TPSA) is 86.2 Å². The van der Waals surface area contributed by atoms with E-state index in [1.165, 1.54) is 0 Å². The third-order valence-electron chi connectivity index (χ3n) is 5.76. The van der Waals surface area contributed by atoms with Gasteiger partial charge in [0.2, 0.25) is 5.91 Å². The van der Waals surface area contributed by atoms with Gasteiger partial charge in [-0.3, -0.25) is 9.79 Å². The van der Waals surface area contributed by atoms with Gasteiger partial charge in [0.25, 0.3) is 0 Å². The van der Waals surface area contributed by atoms with Gasteiger partial charge in [-0.1, -0.05) is 12.8 Å². The second-order valence-corrected chi connectivity index (χ2v) is 8.01. The van der Waals surface area contributed by atoms with Gasteiger partial charge in [0.15, 0.2) is 5.96 Å². The van der Waals surface area contributed by atoms with Gasteiger partial charge < -0.3 is 25.4 Å². The molecule has 0 aromatic carbocycles. The minimum Gasteiger partial charge on any atom is -0.396 e. The number of carbonyl (C=O) groups is 1. The van der Waals surface area contributed by atoms with Crippen molar-refractivity contribution in [1.82, 2.24) is 15.5 Å². The highest BCUT2D eigenvalue weighted by atomic mass is 127. The Balaban J connectivity index is 0.00000364. The third kappa shape index (κ3) is 6.45. The monoisotopic (exact) mass is 496 g/mol. The van der Waals surface area contributed by atoms with E-state index in [2.05, 4.69) is 10.6 Å². The molecule has 1 atom stereocenters. The fraction of sp³-hybridized carbons (Fsp3) is 0.895. The summed E-state index contributed by atoms with van der Waals surface area (Å²) in [6, 6.07) is 0. The number of hydrogen-bond acceptors (Lipinski definition) is 4. The lowest BCUT2D eigenvalue weighted by molar-refractivity contribution is -0.138. The molecule has 1 aliphatic heterocycles. The lowest BCUT2D eigenvalue weighted by atomic mass is 9.84. The van der Waals surface area contributed by atoms with E-state index in [9.17, 15) is 9.90 Å². The average Bonchev–Trinajstić information content (AvgIpc) is 3.28. The van der Waals surface area contributed by atoms with Crippen molar-refractivity contribution in [3.63, 3.8) is 0 Å². The van der Waals surface area contributed by atoms with E-state index in [-0.39, 0.29) is 47.3 Å². The predicted molar refractivity (Wildman–Crippen MR) is 119 cm³/mol. The highest BCUT2D eigenvalue weighted by Crippen LogP contribution is 2.39. The number of amides is 1. The zero-order chi connectivity index (χ0) is 19.0. The first-order chi connectivity index (χ1) is 12.5. The summed E-state index contributed by atoms with van der Waals surface area (Å²) in [6.07, 6.45) is 5.70. The minimum atomic E-state index is -0.320. The lowest BCUT2D eigenvalue weighted by Gasteiger charge is -2.31. The summed E-state index contributed by atoms with van der Waals surface area (Å²) in [5.41, 5.74) is -0.388. The van der Waals surface area contributed by atoms with Crippen LogP contribution >= 0.6 is 24.0 Å². The van der Waals surface area contributed by atoms with Gasteiger partial charge in [-0.25, -0.2) is 0 Å². The first-order valence-corrected chi connectivity index (χ1v) is 9.89. The Morgan fingerprint density at radius 2 is 1.93 bits per heavy atom. The normalized spacial score (nSPS) is 24.4. The molecule has 2 rings (SSSR count). The largest absolute Gasteiger partial charge is 0.396 e. The van der Waals surface area contributed by atoms with Gasteiger partial charge in [0, 0.05) is 45.8 Å². The Kier molecular flexibility index (Phi) is 10.3. The van der Waals surface area contributed by atoms with Crippen LogP contribution in [0.1, 0.15) is 45.4 Å². The molecule has 0 spiro atoms. The molecule has 3 N–H and O–H groups in total. The molecular formula is C19H37IN4O3. The number of nitrogens with one attached hydrogen (secondary N) is 2. The maximum atomic E-state index is 12.7. The molecule has 158 valence electrons.